The molecule has 12 atom stereocenters. The van der Waals surface area contributed by atoms with Crippen LogP contribution in [0.4, 0.5) is 35.1 Å². The number of nitrogens with zero attached hydrogens (tertiary/aromatic N) is 9. The normalized spacial score (nSPS) is 31.8. The number of amides is 12. The topological polar surface area (TPSA) is 279 Å². The Labute approximate surface area is 635 Å². The van der Waals surface area contributed by atoms with Gasteiger partial charge in [0.1, 0.15) is 72.1 Å². The van der Waals surface area contributed by atoms with E-state index in [0.29, 0.717) is 44.9 Å². The van der Waals surface area contributed by atoms with Crippen molar-refractivity contribution >= 4 is 70.9 Å². The first-order valence-electron chi connectivity index (χ1n) is 39.1. The molecule has 25 nitrogen and oxygen atoms in total. The van der Waals surface area contributed by atoms with Crippen molar-refractivity contribution in [3.63, 3.8) is 0 Å². The molecule has 33 heteroatoms. The summed E-state index contributed by atoms with van der Waals surface area (Å²) in [5, 5.41) is 8.41. The Bertz CT molecular complexity index is 3250. The van der Waals surface area contributed by atoms with Gasteiger partial charge < -0.3 is 64.8 Å². The van der Waals surface area contributed by atoms with E-state index in [4.69, 9.17) is 4.74 Å². The third-order valence-electron chi connectivity index (χ3n) is 24.3. The van der Waals surface area contributed by atoms with Crippen LogP contribution in [0.1, 0.15) is 183 Å². The Hall–Kier alpha value is -7.22. The molecule has 4 aliphatic carbocycles. The largest absolute Gasteiger partial charge is 0.397 e. The summed E-state index contributed by atoms with van der Waals surface area (Å²) in [4.78, 5) is 192. The standard InChI is InChI=1S/C76H118F8N12O13/c1-14-34-88(7)68(103)56-40-59(98)93(12)63(44(4)5)66(101)86-62(45(6)15-2)71(106)90(9)43-60(99)91(10)54-25-18-17-21-35-95(70(54)105)57(38-46-26-29-49(30-27-46)75(79,80)81)69(104)89(8)42-58(97)85-53(31-28-47-36-51(77)61(52(78)37-47)76(82,83)84)67(102)96-41-50(109-16-3)39-55(96)65(100)87-74(32-22-33-74)73(108)94(13)64(72(107)92(56)11)48-23-19-20-24-48/h17-18,44-57,61-64H,14-16,19-43H2,1-13H3,(H,85,97)(H,86,101)(H,87,100)/b18-17-/t45-,46?,47?,49?,50+,51?,52?,53-,54-,55-,56-,57-,61?,62-,63-,64-/m0/s1. The molecule has 109 heavy (non-hydrogen) atoms. The van der Waals surface area contributed by atoms with Gasteiger partial charge in [-0.05, 0) is 146 Å². The van der Waals surface area contributed by atoms with Crippen LogP contribution >= 0.6 is 0 Å². The molecular formula is C76H118F8N12O13. The number of rotatable bonds is 14. The highest BCUT2D eigenvalue weighted by Crippen LogP contribution is 2.46. The monoisotopic (exact) mass is 1560 g/mol. The molecule has 7 aliphatic rings. The number of halogens is 8. The lowest BCUT2D eigenvalue weighted by atomic mass is 9.74. The smallest absolute Gasteiger partial charge is 0.377 e. The van der Waals surface area contributed by atoms with Crippen LogP contribution in [0.5, 0.6) is 0 Å². The molecule has 0 aromatic heterocycles. The SMILES string of the molecule is CCCN(C)C(=O)[C@@H]1CC(=O)N(C)[C@@H](C(C)C)C(=O)N[C@@H]([C@@H](C)CC)C(=O)N(C)CC(=O)N(C)[C@H]2C/C=C\CCN(C2=O)[C@@H](CC2CCC(C(F)(F)F)CC2)C(=O)N(C)CC(=O)N[C@@H](CCC2CC(F)C(C(F)(F)F)C(F)C2)C(=O)N2C[C@H](OCC)C[C@H]2C(=O)NC2(CCC2)C(=O)N(C)[C@@H](C2CCCC2)C(=O)N1C. The first kappa shape index (κ1) is 89.0. The van der Waals surface area contributed by atoms with E-state index in [1.807, 2.05) is 6.92 Å². The number of hydrogen-bond acceptors (Lipinski definition) is 13. The Morgan fingerprint density at radius 1 is 0.651 bits per heavy atom. The van der Waals surface area contributed by atoms with Crippen molar-refractivity contribution in [1.82, 2.24) is 60.0 Å². The van der Waals surface area contributed by atoms with Gasteiger partial charge in [-0.15, -0.1) is 0 Å². The zero-order chi connectivity index (χ0) is 81.1. The van der Waals surface area contributed by atoms with E-state index >= 15 is 37.5 Å². The molecule has 0 radical (unpaired) electrons. The van der Waals surface area contributed by atoms with Crippen molar-refractivity contribution in [3.8, 4) is 0 Å². The lowest BCUT2D eigenvalue weighted by Crippen LogP contribution is -2.68. The van der Waals surface area contributed by atoms with Crippen LogP contribution in [0.25, 0.3) is 0 Å². The molecule has 7 rings (SSSR count). The maximum absolute atomic E-state index is 15.6. The Morgan fingerprint density at radius 2 is 1.28 bits per heavy atom. The molecule has 2 unspecified atom stereocenters. The minimum atomic E-state index is -5.22. The van der Waals surface area contributed by atoms with Gasteiger partial charge in [0.2, 0.25) is 70.9 Å². The zero-order valence-electron chi connectivity index (χ0n) is 65.7. The van der Waals surface area contributed by atoms with E-state index in [1.54, 1.807) is 46.8 Å². The Balaban J connectivity index is 1.33. The van der Waals surface area contributed by atoms with Gasteiger partial charge in [-0.2, -0.15) is 26.3 Å². The third kappa shape index (κ3) is 21.5. The van der Waals surface area contributed by atoms with Crippen molar-refractivity contribution in [3.05, 3.63) is 12.2 Å². The van der Waals surface area contributed by atoms with E-state index in [0.717, 1.165) is 29.4 Å². The molecule has 0 aromatic rings. The number of alkyl halides is 8. The summed E-state index contributed by atoms with van der Waals surface area (Å²) < 4.78 is 121. The second kappa shape index (κ2) is 38.3. The van der Waals surface area contributed by atoms with Crippen LogP contribution in [0, 0.1) is 41.4 Å². The fourth-order valence-electron chi connectivity index (χ4n) is 17.4. The molecule has 3 heterocycles. The number of fused-ring (bicyclic) bond motifs is 3. The van der Waals surface area contributed by atoms with Gasteiger partial charge in [0.15, 0.2) is 0 Å². The van der Waals surface area contributed by atoms with Crippen LogP contribution in [0.15, 0.2) is 12.2 Å². The highest BCUT2D eigenvalue weighted by atomic mass is 19.4. The summed E-state index contributed by atoms with van der Waals surface area (Å²) in [6.07, 6.45) is -12.8. The molecular weight excluding hydrogens is 1440 g/mol. The Kier molecular flexibility index (Phi) is 31.3. The second-order valence-electron chi connectivity index (χ2n) is 32.2. The maximum Gasteiger partial charge on any atom is 0.397 e. The average Bonchev–Trinajstić information content (AvgIpc) is 1.72. The van der Waals surface area contributed by atoms with Gasteiger partial charge in [-0.1, -0.05) is 66.0 Å². The number of ether oxygens (including phenoxy) is 1. The van der Waals surface area contributed by atoms with Crippen LogP contribution in [0.2, 0.25) is 0 Å². The van der Waals surface area contributed by atoms with Crippen LogP contribution in [-0.2, 0) is 62.3 Å². The molecule has 6 fully saturated rings. The average molecular weight is 1560 g/mol. The molecule has 0 aromatic carbocycles. The number of nitrogens with one attached hydrogen (secondary N) is 3. The molecule has 616 valence electrons. The molecule has 2 saturated heterocycles. The summed E-state index contributed by atoms with van der Waals surface area (Å²) in [7, 11) is 9.53. The first-order chi connectivity index (χ1) is 51.1. The summed E-state index contributed by atoms with van der Waals surface area (Å²) >= 11 is 0. The number of carbonyl (C=O) groups is 12. The second-order valence-corrected chi connectivity index (χ2v) is 32.2. The fourth-order valence-corrected chi connectivity index (χ4v) is 17.4. The first-order valence-corrected chi connectivity index (χ1v) is 39.1. The van der Waals surface area contributed by atoms with E-state index in [-0.39, 0.29) is 96.9 Å². The van der Waals surface area contributed by atoms with Gasteiger partial charge in [0.25, 0.3) is 0 Å². The van der Waals surface area contributed by atoms with Gasteiger partial charge in [-0.25, -0.2) is 8.78 Å². The van der Waals surface area contributed by atoms with Gasteiger partial charge >= 0.3 is 12.4 Å². The van der Waals surface area contributed by atoms with E-state index < -0.39 is 236 Å². The molecule has 1 spiro atoms. The quantitative estimate of drug-likeness (QED) is 0.120. The highest BCUT2D eigenvalue weighted by molar-refractivity contribution is 6.01. The summed E-state index contributed by atoms with van der Waals surface area (Å²) in [6.45, 7) is 8.63. The van der Waals surface area contributed by atoms with Crippen molar-refractivity contribution < 1.29 is 97.4 Å². The minimum Gasteiger partial charge on any atom is -0.377 e. The summed E-state index contributed by atoms with van der Waals surface area (Å²) in [5.74, 6) is -17.4. The van der Waals surface area contributed by atoms with Gasteiger partial charge in [-0.3, -0.25) is 57.5 Å². The van der Waals surface area contributed by atoms with Crippen LogP contribution in [0.3, 0.4) is 0 Å². The number of likely N-dealkylation sites (N-methyl/N-ethyl adjacent to an activating group) is 7. The number of carbonyl (C=O) groups excluding carboxylic acids is 12. The van der Waals surface area contributed by atoms with Crippen molar-refractivity contribution in [2.75, 3.05) is 88.7 Å². The van der Waals surface area contributed by atoms with Gasteiger partial charge in [0, 0.05) is 82.0 Å². The van der Waals surface area contributed by atoms with Crippen molar-refractivity contribution in [1.29, 1.82) is 0 Å². The fraction of sp³-hybridized carbons (Fsp3) is 0.816. The van der Waals surface area contributed by atoms with E-state index in [9.17, 15) is 55.1 Å². The third-order valence-corrected chi connectivity index (χ3v) is 24.3. The van der Waals surface area contributed by atoms with Crippen molar-refractivity contribution in [2.45, 2.75) is 267 Å². The summed E-state index contributed by atoms with van der Waals surface area (Å²) in [6, 6.07) is -11.4. The lowest BCUT2D eigenvalue weighted by molar-refractivity contribution is -0.219. The minimum absolute atomic E-state index is 0.00518. The van der Waals surface area contributed by atoms with E-state index in [1.165, 1.54) is 64.0 Å². The van der Waals surface area contributed by atoms with Gasteiger partial charge in [0.05, 0.1) is 31.5 Å². The Morgan fingerprint density at radius 3 is 1.83 bits per heavy atom. The molecule has 3 N–H and O–H groups in total. The highest BCUT2D eigenvalue weighted by Gasteiger charge is 2.56. The number of hydrogen-bond donors (Lipinski definition) is 3. The van der Waals surface area contributed by atoms with Crippen LogP contribution in [-0.4, -0.2) is 288 Å². The zero-order valence-corrected chi connectivity index (χ0v) is 65.7. The molecule has 3 aliphatic heterocycles. The predicted molar refractivity (Wildman–Crippen MR) is 386 cm³/mol. The molecule has 2 bridgehead atoms. The molecule has 4 saturated carbocycles. The molecule has 12 amide bonds. The maximum atomic E-state index is 15.6. The van der Waals surface area contributed by atoms with Crippen molar-refractivity contribution in [2.24, 2.45) is 41.4 Å². The van der Waals surface area contributed by atoms with E-state index in [2.05, 4.69) is 16.0 Å². The lowest BCUT2D eigenvalue weighted by Gasteiger charge is -2.46. The predicted octanol–water partition coefficient (Wildman–Crippen LogP) is 6.74. The van der Waals surface area contributed by atoms with Crippen LogP contribution < -0.4 is 16.0 Å². The summed E-state index contributed by atoms with van der Waals surface area (Å²) in [5.41, 5.74) is -1.69.